The molecule has 0 N–H and O–H groups in total. The van der Waals surface area contributed by atoms with Crippen LogP contribution in [-0.4, -0.2) is 31.1 Å². The number of ether oxygens (including phenoxy) is 3. The largest absolute Gasteiger partial charge is 0.500 e. The smallest absolute Gasteiger partial charge is 0.345 e. The van der Waals surface area contributed by atoms with Gasteiger partial charge in [0.25, 0.3) is 0 Å². The Morgan fingerprint density at radius 2 is 1.76 bits per heavy atom. The van der Waals surface area contributed by atoms with Crippen molar-refractivity contribution in [1.82, 2.24) is 0 Å². The van der Waals surface area contributed by atoms with Gasteiger partial charge in [-0.2, -0.15) is 4.39 Å². The number of rotatable bonds is 8. The van der Waals surface area contributed by atoms with Crippen molar-refractivity contribution in [2.24, 2.45) is 0 Å². The zero-order chi connectivity index (χ0) is 19.1. The van der Waals surface area contributed by atoms with E-state index in [1.54, 1.807) is 6.92 Å². The van der Waals surface area contributed by atoms with E-state index in [9.17, 15) is 22.8 Å². The van der Waals surface area contributed by atoms with E-state index in [2.05, 4.69) is 0 Å². The Hall–Kier alpha value is -2.51. The standard InChI is InChI=1S/C17H19F3O5/c1-5-23-8-11(17(22)24-6-2)15(21)10-7-12(18)14(20)16(13(10)19)25-9(3)4/h7-9H,5-6H2,1-4H3/b11-8+. The Morgan fingerprint density at radius 1 is 1.12 bits per heavy atom. The lowest BCUT2D eigenvalue weighted by Gasteiger charge is -2.14. The summed E-state index contributed by atoms with van der Waals surface area (Å²) < 4.78 is 56.5. The molecule has 0 fully saturated rings. The Morgan fingerprint density at radius 3 is 2.28 bits per heavy atom. The first kappa shape index (κ1) is 20.5. The zero-order valence-corrected chi connectivity index (χ0v) is 14.3. The van der Waals surface area contributed by atoms with E-state index in [1.807, 2.05) is 0 Å². The molecule has 1 aromatic carbocycles. The number of ketones is 1. The summed E-state index contributed by atoms with van der Waals surface area (Å²) in [6.45, 7) is 6.13. The second-order valence-electron chi connectivity index (χ2n) is 5.07. The van der Waals surface area contributed by atoms with Crippen LogP contribution in [0.1, 0.15) is 38.1 Å². The van der Waals surface area contributed by atoms with Crippen molar-refractivity contribution < 1.29 is 37.0 Å². The number of carbonyl (C=O) groups excluding carboxylic acids is 2. The van der Waals surface area contributed by atoms with E-state index < -0.39 is 52.2 Å². The number of hydrogen-bond donors (Lipinski definition) is 0. The van der Waals surface area contributed by atoms with Gasteiger partial charge in [-0.25, -0.2) is 13.6 Å². The van der Waals surface area contributed by atoms with Crippen molar-refractivity contribution in [3.63, 3.8) is 0 Å². The quantitative estimate of drug-likeness (QED) is 0.135. The molecule has 0 saturated heterocycles. The van der Waals surface area contributed by atoms with Crippen molar-refractivity contribution in [2.75, 3.05) is 13.2 Å². The molecule has 0 radical (unpaired) electrons. The summed E-state index contributed by atoms with van der Waals surface area (Å²) in [6, 6.07) is 0.360. The Labute approximate surface area is 143 Å². The average Bonchev–Trinajstić information content (AvgIpc) is 2.55. The summed E-state index contributed by atoms with van der Waals surface area (Å²) in [6.07, 6.45) is 0.126. The van der Waals surface area contributed by atoms with Crippen LogP contribution in [0.25, 0.3) is 0 Å². The summed E-state index contributed by atoms with van der Waals surface area (Å²) >= 11 is 0. The van der Waals surface area contributed by atoms with Crippen LogP contribution in [0.15, 0.2) is 17.9 Å². The van der Waals surface area contributed by atoms with Crippen LogP contribution >= 0.6 is 0 Å². The van der Waals surface area contributed by atoms with Crippen LogP contribution in [0.5, 0.6) is 5.75 Å². The molecule has 0 atom stereocenters. The lowest BCUT2D eigenvalue weighted by molar-refractivity contribution is -0.138. The summed E-state index contributed by atoms with van der Waals surface area (Å²) in [5.74, 6) is -7.77. The average molecular weight is 360 g/mol. The molecule has 8 heteroatoms. The predicted octanol–water partition coefficient (Wildman–Crippen LogP) is 3.56. The molecule has 1 rings (SSSR count). The van der Waals surface area contributed by atoms with E-state index in [4.69, 9.17) is 14.2 Å². The molecular formula is C17H19F3O5. The predicted molar refractivity (Wildman–Crippen MR) is 82.8 cm³/mol. The van der Waals surface area contributed by atoms with Gasteiger partial charge in [0.15, 0.2) is 17.4 Å². The minimum atomic E-state index is -1.56. The number of hydrogen-bond acceptors (Lipinski definition) is 5. The van der Waals surface area contributed by atoms with Crippen molar-refractivity contribution >= 4 is 11.8 Å². The molecule has 1 aromatic rings. The topological polar surface area (TPSA) is 61.8 Å². The second kappa shape index (κ2) is 9.10. The van der Waals surface area contributed by atoms with E-state index in [1.165, 1.54) is 20.8 Å². The lowest BCUT2D eigenvalue weighted by Crippen LogP contribution is -2.19. The number of benzene rings is 1. The third-order valence-electron chi connectivity index (χ3n) is 2.82. The Balaban J connectivity index is 3.43. The van der Waals surface area contributed by atoms with Gasteiger partial charge in [0.2, 0.25) is 11.6 Å². The van der Waals surface area contributed by atoms with Gasteiger partial charge in [0, 0.05) is 0 Å². The van der Waals surface area contributed by atoms with Gasteiger partial charge in [-0.1, -0.05) is 0 Å². The van der Waals surface area contributed by atoms with Crippen LogP contribution in [0.4, 0.5) is 13.2 Å². The van der Waals surface area contributed by atoms with Gasteiger partial charge < -0.3 is 14.2 Å². The molecule has 0 unspecified atom stereocenters. The minimum Gasteiger partial charge on any atom is -0.500 e. The van der Waals surface area contributed by atoms with Crippen molar-refractivity contribution in [1.29, 1.82) is 0 Å². The van der Waals surface area contributed by atoms with Crippen LogP contribution < -0.4 is 4.74 Å². The first-order valence-electron chi connectivity index (χ1n) is 7.62. The second-order valence-corrected chi connectivity index (χ2v) is 5.07. The molecule has 138 valence electrons. The van der Waals surface area contributed by atoms with Gasteiger partial charge in [-0.05, 0) is 33.8 Å². The molecule has 0 saturated carbocycles. The monoisotopic (exact) mass is 360 g/mol. The van der Waals surface area contributed by atoms with Gasteiger partial charge in [0.1, 0.15) is 11.8 Å². The SMILES string of the molecule is CCO/C=C(/C(=O)OCC)C(=O)c1cc(F)c(F)c(OC(C)C)c1F. The number of halogens is 3. The highest BCUT2D eigenvalue weighted by molar-refractivity contribution is 6.24. The van der Waals surface area contributed by atoms with Gasteiger partial charge in [-0.3, -0.25) is 4.79 Å². The van der Waals surface area contributed by atoms with E-state index >= 15 is 0 Å². The minimum absolute atomic E-state index is 0.0441. The fourth-order valence-corrected chi connectivity index (χ4v) is 1.80. The fraction of sp³-hybridized carbons (Fsp3) is 0.412. The highest BCUT2D eigenvalue weighted by atomic mass is 19.2. The van der Waals surface area contributed by atoms with Crippen molar-refractivity contribution in [2.45, 2.75) is 33.8 Å². The van der Waals surface area contributed by atoms with Crippen LogP contribution in [-0.2, 0) is 14.3 Å². The van der Waals surface area contributed by atoms with E-state index in [0.717, 1.165) is 6.26 Å². The highest BCUT2D eigenvalue weighted by Gasteiger charge is 2.30. The third kappa shape index (κ3) is 4.98. The molecule has 0 bridgehead atoms. The summed E-state index contributed by atoms with van der Waals surface area (Å²) in [5.41, 5.74) is -1.52. The van der Waals surface area contributed by atoms with Gasteiger partial charge in [-0.15, -0.1) is 0 Å². The number of carbonyl (C=O) groups is 2. The molecular weight excluding hydrogens is 341 g/mol. The van der Waals surface area contributed by atoms with Crippen molar-refractivity contribution in [3.05, 3.63) is 40.9 Å². The summed E-state index contributed by atoms with van der Waals surface area (Å²) in [7, 11) is 0. The Kier molecular flexibility index (Phi) is 7.47. The van der Waals surface area contributed by atoms with Gasteiger partial charge >= 0.3 is 5.97 Å². The van der Waals surface area contributed by atoms with Crippen LogP contribution in [0.2, 0.25) is 0 Å². The van der Waals surface area contributed by atoms with E-state index in [-0.39, 0.29) is 13.2 Å². The molecule has 0 amide bonds. The number of Topliss-reactive ketones (excluding diaryl/α,β-unsaturated/α-hetero) is 1. The first-order valence-corrected chi connectivity index (χ1v) is 7.62. The zero-order valence-electron chi connectivity index (χ0n) is 14.3. The van der Waals surface area contributed by atoms with Crippen LogP contribution in [0.3, 0.4) is 0 Å². The molecule has 0 aliphatic heterocycles. The molecule has 5 nitrogen and oxygen atoms in total. The lowest BCUT2D eigenvalue weighted by atomic mass is 10.0. The normalized spacial score (nSPS) is 11.4. The molecule has 0 aliphatic rings. The molecule has 0 aromatic heterocycles. The molecule has 0 heterocycles. The van der Waals surface area contributed by atoms with E-state index in [0.29, 0.717) is 6.07 Å². The highest BCUT2D eigenvalue weighted by Crippen LogP contribution is 2.29. The molecule has 25 heavy (non-hydrogen) atoms. The van der Waals surface area contributed by atoms with Gasteiger partial charge in [0.05, 0.1) is 24.9 Å². The number of esters is 1. The maximum absolute atomic E-state index is 14.5. The maximum Gasteiger partial charge on any atom is 0.345 e. The summed E-state index contributed by atoms with van der Waals surface area (Å²) in [4.78, 5) is 24.3. The molecule has 0 aliphatic carbocycles. The fourth-order valence-electron chi connectivity index (χ4n) is 1.80. The third-order valence-corrected chi connectivity index (χ3v) is 2.82. The molecule has 0 spiro atoms. The Bertz CT molecular complexity index is 683. The summed E-state index contributed by atoms with van der Waals surface area (Å²) in [5, 5.41) is 0. The first-order chi connectivity index (χ1) is 11.7. The maximum atomic E-state index is 14.5. The van der Waals surface area contributed by atoms with Crippen LogP contribution in [0, 0.1) is 17.5 Å². The van der Waals surface area contributed by atoms with Crippen molar-refractivity contribution in [3.8, 4) is 5.75 Å².